The van der Waals surface area contributed by atoms with Gasteiger partial charge in [0.15, 0.2) is 0 Å². The van der Waals surface area contributed by atoms with E-state index in [-0.39, 0.29) is 30.4 Å². The van der Waals surface area contributed by atoms with E-state index in [2.05, 4.69) is 12.2 Å². The normalized spacial score (nSPS) is 28.8. The summed E-state index contributed by atoms with van der Waals surface area (Å²) in [6.45, 7) is 10.1. The molecule has 0 aromatic carbocycles. The molecule has 2 atom stereocenters. The van der Waals surface area contributed by atoms with E-state index in [1.165, 1.54) is 0 Å². The number of nitrogens with zero attached hydrogens (tertiary/aromatic N) is 2. The van der Waals surface area contributed by atoms with Gasteiger partial charge in [-0.1, -0.05) is 20.8 Å². The molecule has 142 valence electrons. The highest BCUT2D eigenvalue weighted by molar-refractivity contribution is 6.09. The van der Waals surface area contributed by atoms with Gasteiger partial charge in [0.1, 0.15) is 12.1 Å². The number of hydrogen-bond donors (Lipinski definition) is 1. The molecule has 0 aromatic rings. The first-order chi connectivity index (χ1) is 11.8. The topological polar surface area (TPSA) is 69.7 Å². The lowest BCUT2D eigenvalue weighted by atomic mass is 9.77. The van der Waals surface area contributed by atoms with Crippen LogP contribution in [0.25, 0.3) is 0 Å². The molecule has 0 radical (unpaired) electrons. The molecule has 4 amide bonds. The fraction of sp³-hybridized carbons (Fsp3) is 0.842. The highest BCUT2D eigenvalue weighted by Crippen LogP contribution is 2.36. The number of amides is 4. The molecule has 1 N–H and O–H groups in total. The summed E-state index contributed by atoms with van der Waals surface area (Å²) in [5, 5.41) is 2.89. The lowest BCUT2D eigenvalue weighted by Crippen LogP contribution is -2.51. The van der Waals surface area contributed by atoms with Gasteiger partial charge >= 0.3 is 6.03 Å². The molecule has 6 heteroatoms. The Balaban J connectivity index is 2.12. The quantitative estimate of drug-likeness (QED) is 0.748. The van der Waals surface area contributed by atoms with Crippen molar-refractivity contribution in [3.63, 3.8) is 0 Å². The largest absolute Gasteiger partial charge is 0.336 e. The summed E-state index contributed by atoms with van der Waals surface area (Å²) >= 11 is 0. The summed E-state index contributed by atoms with van der Waals surface area (Å²) in [7, 11) is 0. The van der Waals surface area contributed by atoms with E-state index >= 15 is 0 Å². The first-order valence-electron chi connectivity index (χ1n) is 9.71. The van der Waals surface area contributed by atoms with E-state index in [0.29, 0.717) is 18.8 Å². The standard InChI is InChI=1S/C19H33N3O3/c1-6-14(4)22(15(5)7-2)16(23)12-21-17(24)19(20-18(21)25)10-8-13(3)9-11-19/h13-15H,6-12H2,1-5H3,(H,20,25)/t13?,14-,15+,19?. The van der Waals surface area contributed by atoms with Gasteiger partial charge in [-0.15, -0.1) is 0 Å². The van der Waals surface area contributed by atoms with Crippen molar-refractivity contribution in [2.24, 2.45) is 5.92 Å². The minimum atomic E-state index is -0.776. The lowest BCUT2D eigenvalue weighted by molar-refractivity contribution is -0.142. The lowest BCUT2D eigenvalue weighted by Gasteiger charge is -2.35. The van der Waals surface area contributed by atoms with Crippen LogP contribution in [-0.2, 0) is 9.59 Å². The molecule has 1 aliphatic heterocycles. The number of carbonyl (C=O) groups is 3. The van der Waals surface area contributed by atoms with Gasteiger partial charge < -0.3 is 10.2 Å². The van der Waals surface area contributed by atoms with Crippen LogP contribution in [-0.4, -0.2) is 51.8 Å². The number of imide groups is 1. The summed E-state index contributed by atoms with van der Waals surface area (Å²) < 4.78 is 0. The van der Waals surface area contributed by atoms with Crippen LogP contribution < -0.4 is 5.32 Å². The van der Waals surface area contributed by atoms with Crippen LogP contribution in [0.3, 0.4) is 0 Å². The Kier molecular flexibility index (Phi) is 6.12. The van der Waals surface area contributed by atoms with Crippen molar-refractivity contribution >= 4 is 17.8 Å². The highest BCUT2D eigenvalue weighted by atomic mass is 16.2. The maximum atomic E-state index is 12.9. The van der Waals surface area contributed by atoms with Crippen LogP contribution in [0, 0.1) is 5.92 Å². The summed E-state index contributed by atoms with van der Waals surface area (Å²) in [6, 6.07) is -0.235. The number of nitrogens with one attached hydrogen (secondary N) is 1. The SMILES string of the molecule is CC[C@@H](C)N(C(=O)CN1C(=O)NC2(CCC(C)CC2)C1=O)[C@@H](C)CC. The van der Waals surface area contributed by atoms with Gasteiger partial charge in [0.25, 0.3) is 5.91 Å². The van der Waals surface area contributed by atoms with Crippen LogP contribution in [0.5, 0.6) is 0 Å². The van der Waals surface area contributed by atoms with Gasteiger partial charge in [-0.25, -0.2) is 4.79 Å². The summed E-state index contributed by atoms with van der Waals surface area (Å²) in [5.74, 6) is 0.219. The smallest absolute Gasteiger partial charge is 0.325 e. The van der Waals surface area contributed by atoms with Gasteiger partial charge in [0.05, 0.1) is 0 Å². The Labute approximate surface area is 151 Å². The second-order valence-electron chi connectivity index (χ2n) is 7.90. The monoisotopic (exact) mass is 351 g/mol. The van der Waals surface area contributed by atoms with Gasteiger partial charge in [-0.05, 0) is 58.3 Å². The Bertz CT molecular complexity index is 516. The van der Waals surface area contributed by atoms with E-state index in [0.717, 1.165) is 30.6 Å². The summed E-state index contributed by atoms with van der Waals surface area (Å²) in [6.07, 6.45) is 4.89. The molecule has 2 rings (SSSR count). The molecule has 0 bridgehead atoms. The van der Waals surface area contributed by atoms with Crippen molar-refractivity contribution in [3.8, 4) is 0 Å². The van der Waals surface area contributed by atoms with Gasteiger partial charge in [-0.3, -0.25) is 14.5 Å². The molecule has 1 aliphatic carbocycles. The molecule has 1 spiro atoms. The van der Waals surface area contributed by atoms with Crippen LogP contribution in [0.15, 0.2) is 0 Å². The highest BCUT2D eigenvalue weighted by Gasteiger charge is 2.52. The second-order valence-corrected chi connectivity index (χ2v) is 7.90. The number of urea groups is 1. The zero-order valence-corrected chi connectivity index (χ0v) is 16.3. The molecule has 1 saturated heterocycles. The fourth-order valence-corrected chi connectivity index (χ4v) is 3.95. The Morgan fingerprint density at radius 3 is 2.20 bits per heavy atom. The van der Waals surface area contributed by atoms with Gasteiger partial charge in [0, 0.05) is 12.1 Å². The van der Waals surface area contributed by atoms with Crippen molar-refractivity contribution < 1.29 is 14.4 Å². The molecule has 0 aromatic heterocycles. The van der Waals surface area contributed by atoms with Crippen molar-refractivity contribution in [2.45, 2.75) is 90.8 Å². The van der Waals surface area contributed by atoms with Crippen molar-refractivity contribution in [1.82, 2.24) is 15.1 Å². The van der Waals surface area contributed by atoms with Crippen LogP contribution in [0.2, 0.25) is 0 Å². The van der Waals surface area contributed by atoms with Gasteiger partial charge in [-0.2, -0.15) is 0 Å². The van der Waals surface area contributed by atoms with E-state index in [1.54, 1.807) is 0 Å². The van der Waals surface area contributed by atoms with E-state index in [4.69, 9.17) is 0 Å². The average Bonchev–Trinajstić information content (AvgIpc) is 2.81. The third kappa shape index (κ3) is 3.82. The van der Waals surface area contributed by atoms with Crippen LogP contribution in [0.4, 0.5) is 4.79 Å². The predicted molar refractivity (Wildman–Crippen MR) is 97.0 cm³/mol. The van der Waals surface area contributed by atoms with Crippen molar-refractivity contribution in [2.75, 3.05) is 6.54 Å². The molecule has 2 aliphatic rings. The molecule has 1 heterocycles. The third-order valence-corrected chi connectivity index (χ3v) is 6.09. The van der Waals surface area contributed by atoms with Crippen LogP contribution in [0.1, 0.15) is 73.1 Å². The number of hydrogen-bond acceptors (Lipinski definition) is 3. The Hall–Kier alpha value is -1.59. The van der Waals surface area contributed by atoms with Crippen LogP contribution >= 0.6 is 0 Å². The molecular formula is C19H33N3O3. The zero-order chi connectivity index (χ0) is 18.8. The van der Waals surface area contributed by atoms with Crippen molar-refractivity contribution in [1.29, 1.82) is 0 Å². The number of carbonyl (C=O) groups excluding carboxylic acids is 3. The van der Waals surface area contributed by atoms with E-state index < -0.39 is 11.6 Å². The second kappa shape index (κ2) is 7.75. The maximum absolute atomic E-state index is 12.9. The van der Waals surface area contributed by atoms with Gasteiger partial charge in [0.2, 0.25) is 5.91 Å². The molecule has 1 saturated carbocycles. The summed E-state index contributed by atoms with van der Waals surface area (Å²) in [4.78, 5) is 41.1. The van der Waals surface area contributed by atoms with E-state index in [9.17, 15) is 14.4 Å². The predicted octanol–water partition coefficient (Wildman–Crippen LogP) is 2.91. The van der Waals surface area contributed by atoms with E-state index in [1.807, 2.05) is 32.6 Å². The molecule has 6 nitrogen and oxygen atoms in total. The molecular weight excluding hydrogens is 318 g/mol. The Morgan fingerprint density at radius 2 is 1.72 bits per heavy atom. The Morgan fingerprint density at radius 1 is 1.20 bits per heavy atom. The fourth-order valence-electron chi connectivity index (χ4n) is 3.95. The summed E-state index contributed by atoms with van der Waals surface area (Å²) in [5.41, 5.74) is -0.776. The minimum absolute atomic E-state index is 0.0905. The maximum Gasteiger partial charge on any atom is 0.325 e. The first-order valence-corrected chi connectivity index (χ1v) is 9.71. The third-order valence-electron chi connectivity index (χ3n) is 6.09. The minimum Gasteiger partial charge on any atom is -0.336 e. The molecule has 0 unspecified atom stereocenters. The zero-order valence-electron chi connectivity index (χ0n) is 16.3. The average molecular weight is 351 g/mol. The first kappa shape index (κ1) is 19.7. The number of rotatable bonds is 6. The molecule has 2 fully saturated rings. The van der Waals surface area contributed by atoms with Crippen molar-refractivity contribution in [3.05, 3.63) is 0 Å². The molecule has 25 heavy (non-hydrogen) atoms.